The van der Waals surface area contributed by atoms with E-state index in [1.54, 1.807) is 54.2 Å². The van der Waals surface area contributed by atoms with Gasteiger partial charge in [0.2, 0.25) is 0 Å². The van der Waals surface area contributed by atoms with E-state index >= 15 is 0 Å². The average molecular weight is 372 g/mol. The highest BCUT2D eigenvalue weighted by Crippen LogP contribution is 2.18. The number of aromatic nitrogens is 1. The van der Waals surface area contributed by atoms with Gasteiger partial charge in [0, 0.05) is 15.8 Å². The molecule has 3 aromatic rings. The molecule has 0 radical (unpaired) electrons. The van der Waals surface area contributed by atoms with Gasteiger partial charge in [0.1, 0.15) is 5.15 Å². The van der Waals surface area contributed by atoms with Crippen LogP contribution < -0.4 is 0 Å². The van der Waals surface area contributed by atoms with E-state index in [1.807, 2.05) is 18.4 Å². The Kier molecular flexibility index (Phi) is 5.36. The maximum atomic E-state index is 12.2. The second kappa shape index (κ2) is 7.68. The van der Waals surface area contributed by atoms with E-state index in [0.717, 1.165) is 10.3 Å². The molecule has 0 spiro atoms. The number of hydrogen-bond donors (Lipinski definition) is 0. The number of pyridine rings is 1. The van der Waals surface area contributed by atoms with Gasteiger partial charge in [0.25, 0.3) is 0 Å². The fourth-order valence-corrected chi connectivity index (χ4v) is 2.86. The first-order valence-electron chi connectivity index (χ1n) is 7.47. The second-order valence-electron chi connectivity index (χ2n) is 5.27. The molecule has 2 aromatic carbocycles. The van der Waals surface area contributed by atoms with E-state index in [9.17, 15) is 9.59 Å². The number of carbonyl (C=O) groups is 2. The van der Waals surface area contributed by atoms with Crippen molar-refractivity contribution in [3.63, 3.8) is 0 Å². The molecule has 0 fully saturated rings. The van der Waals surface area contributed by atoms with Crippen LogP contribution in [0.5, 0.6) is 0 Å². The summed E-state index contributed by atoms with van der Waals surface area (Å²) in [6.07, 6.45) is 1.96. The van der Waals surface area contributed by atoms with Crippen molar-refractivity contribution >= 4 is 46.0 Å². The van der Waals surface area contributed by atoms with Gasteiger partial charge in [-0.1, -0.05) is 23.7 Å². The van der Waals surface area contributed by atoms with Gasteiger partial charge in [-0.2, -0.15) is 0 Å². The molecule has 0 saturated heterocycles. The minimum absolute atomic E-state index is 0.241. The summed E-state index contributed by atoms with van der Waals surface area (Å²) in [4.78, 5) is 29.5. The van der Waals surface area contributed by atoms with E-state index in [1.165, 1.54) is 0 Å². The number of esters is 1. The molecule has 0 unspecified atom stereocenters. The van der Waals surface area contributed by atoms with Crippen LogP contribution in [-0.4, -0.2) is 29.6 Å². The highest BCUT2D eigenvalue weighted by Gasteiger charge is 2.12. The molecule has 0 aliphatic carbocycles. The highest BCUT2D eigenvalue weighted by atomic mass is 35.5. The Morgan fingerprint density at radius 3 is 2.48 bits per heavy atom. The predicted octanol–water partition coefficient (Wildman–Crippen LogP) is 4.65. The number of hydrogen-bond acceptors (Lipinski definition) is 5. The number of halogens is 1. The Morgan fingerprint density at radius 1 is 1.04 bits per heavy atom. The van der Waals surface area contributed by atoms with Crippen LogP contribution in [0.1, 0.15) is 20.7 Å². The van der Waals surface area contributed by atoms with E-state index in [0.29, 0.717) is 21.8 Å². The number of benzene rings is 2. The summed E-state index contributed by atoms with van der Waals surface area (Å²) in [7, 11) is 0. The molecule has 3 rings (SSSR count). The van der Waals surface area contributed by atoms with E-state index in [4.69, 9.17) is 16.3 Å². The lowest BCUT2D eigenvalue weighted by Gasteiger charge is -2.06. The van der Waals surface area contributed by atoms with Gasteiger partial charge >= 0.3 is 5.97 Å². The van der Waals surface area contributed by atoms with Crippen molar-refractivity contribution in [3.05, 3.63) is 70.9 Å². The van der Waals surface area contributed by atoms with Crippen molar-refractivity contribution in [2.75, 3.05) is 12.9 Å². The molecule has 0 amide bonds. The fraction of sp³-hybridized carbons (Fsp3) is 0.105. The first kappa shape index (κ1) is 17.5. The topological polar surface area (TPSA) is 56.3 Å². The van der Waals surface area contributed by atoms with Crippen LogP contribution in [0.4, 0.5) is 0 Å². The molecule has 1 aromatic heterocycles. The number of ether oxygens (including phenoxy) is 1. The summed E-state index contributed by atoms with van der Waals surface area (Å²) in [6, 6.07) is 15.6. The summed E-state index contributed by atoms with van der Waals surface area (Å²) in [5.41, 5.74) is 1.57. The monoisotopic (exact) mass is 371 g/mol. The van der Waals surface area contributed by atoms with E-state index < -0.39 is 5.97 Å². The van der Waals surface area contributed by atoms with Gasteiger partial charge < -0.3 is 4.74 Å². The van der Waals surface area contributed by atoms with Crippen molar-refractivity contribution in [2.45, 2.75) is 4.90 Å². The number of thioether (sulfide) groups is 1. The number of fused-ring (bicyclic) bond motifs is 1. The van der Waals surface area contributed by atoms with Gasteiger partial charge in [-0.25, -0.2) is 9.78 Å². The van der Waals surface area contributed by atoms with Gasteiger partial charge in [0.05, 0.1) is 11.1 Å². The van der Waals surface area contributed by atoms with Gasteiger partial charge in [-0.3, -0.25) is 4.79 Å². The molecule has 126 valence electrons. The first-order valence-corrected chi connectivity index (χ1v) is 9.08. The van der Waals surface area contributed by atoms with Crippen molar-refractivity contribution in [2.24, 2.45) is 0 Å². The van der Waals surface area contributed by atoms with Crippen LogP contribution in [0.3, 0.4) is 0 Å². The Morgan fingerprint density at radius 2 is 1.76 bits per heavy atom. The standard InChI is InChI=1S/C19H14ClNO3S/c1-25-15-6-2-12(3-7-15)17(22)11-24-19(23)14-4-8-16-13(10-14)5-9-18(20)21-16/h2-10H,11H2,1H3. The smallest absolute Gasteiger partial charge is 0.338 e. The number of nitrogens with zero attached hydrogens (tertiary/aromatic N) is 1. The summed E-state index contributed by atoms with van der Waals surface area (Å²) in [5, 5.41) is 1.17. The van der Waals surface area contributed by atoms with Gasteiger partial charge in [-0.05, 0) is 48.7 Å². The maximum absolute atomic E-state index is 12.2. The first-order chi connectivity index (χ1) is 12.1. The summed E-state index contributed by atoms with van der Waals surface area (Å²) >= 11 is 7.44. The summed E-state index contributed by atoms with van der Waals surface area (Å²) < 4.78 is 5.13. The zero-order valence-corrected chi connectivity index (χ0v) is 14.9. The van der Waals surface area contributed by atoms with Crippen molar-refractivity contribution in [1.29, 1.82) is 0 Å². The van der Waals surface area contributed by atoms with Crippen LogP contribution in [0.25, 0.3) is 10.9 Å². The minimum atomic E-state index is -0.550. The third-order valence-corrected chi connectivity index (χ3v) is 4.59. The van der Waals surface area contributed by atoms with Crippen LogP contribution in [0, 0.1) is 0 Å². The Labute approximate surface area is 154 Å². The molecule has 0 aliphatic heterocycles. The fourth-order valence-electron chi connectivity index (χ4n) is 2.30. The third kappa shape index (κ3) is 4.18. The van der Waals surface area contributed by atoms with Gasteiger partial charge in [-0.15, -0.1) is 11.8 Å². The molecule has 0 N–H and O–H groups in total. The minimum Gasteiger partial charge on any atom is -0.454 e. The summed E-state index contributed by atoms with van der Waals surface area (Å²) in [5.74, 6) is -0.791. The number of rotatable bonds is 5. The molecular weight excluding hydrogens is 358 g/mol. The molecule has 0 atom stereocenters. The van der Waals surface area contributed by atoms with Crippen LogP contribution >= 0.6 is 23.4 Å². The quantitative estimate of drug-likeness (QED) is 0.283. The zero-order valence-electron chi connectivity index (χ0n) is 13.4. The molecule has 4 nitrogen and oxygen atoms in total. The summed E-state index contributed by atoms with van der Waals surface area (Å²) in [6.45, 7) is -0.297. The van der Waals surface area contributed by atoms with Crippen molar-refractivity contribution in [1.82, 2.24) is 4.98 Å². The Balaban J connectivity index is 1.67. The highest BCUT2D eigenvalue weighted by molar-refractivity contribution is 7.98. The third-order valence-electron chi connectivity index (χ3n) is 3.64. The van der Waals surface area contributed by atoms with Crippen LogP contribution in [0.2, 0.25) is 5.15 Å². The van der Waals surface area contributed by atoms with E-state index in [2.05, 4.69) is 4.98 Å². The van der Waals surface area contributed by atoms with Gasteiger partial charge in [0.15, 0.2) is 12.4 Å². The van der Waals surface area contributed by atoms with Crippen molar-refractivity contribution in [3.8, 4) is 0 Å². The molecule has 6 heteroatoms. The van der Waals surface area contributed by atoms with Crippen molar-refractivity contribution < 1.29 is 14.3 Å². The lowest BCUT2D eigenvalue weighted by molar-refractivity contribution is 0.0475. The Hall–Kier alpha value is -2.37. The molecular formula is C19H14ClNO3S. The second-order valence-corrected chi connectivity index (χ2v) is 6.54. The molecule has 0 aliphatic rings. The largest absolute Gasteiger partial charge is 0.454 e. The lowest BCUT2D eigenvalue weighted by atomic mass is 10.1. The van der Waals surface area contributed by atoms with E-state index in [-0.39, 0.29) is 12.4 Å². The molecule has 25 heavy (non-hydrogen) atoms. The maximum Gasteiger partial charge on any atom is 0.338 e. The molecule has 0 saturated carbocycles. The predicted molar refractivity (Wildman–Crippen MR) is 99.6 cm³/mol. The van der Waals surface area contributed by atoms with Crippen LogP contribution in [-0.2, 0) is 4.74 Å². The lowest BCUT2D eigenvalue weighted by Crippen LogP contribution is -2.14. The normalized spacial score (nSPS) is 10.6. The SMILES string of the molecule is CSc1ccc(C(=O)COC(=O)c2ccc3nc(Cl)ccc3c2)cc1. The molecule has 1 heterocycles. The Bertz CT molecular complexity index is 941. The average Bonchev–Trinajstić information content (AvgIpc) is 2.65. The number of carbonyl (C=O) groups excluding carboxylic acids is 2. The number of ketones is 1. The van der Waals surface area contributed by atoms with Crippen LogP contribution in [0.15, 0.2) is 59.5 Å². The molecule has 0 bridgehead atoms. The zero-order chi connectivity index (χ0) is 17.8. The number of Topliss-reactive ketones (excluding diaryl/α,β-unsaturated/α-hetero) is 1.